The second kappa shape index (κ2) is 4.96. The molecule has 3 rings (SSSR count). The number of alkyl halides is 2. The van der Waals surface area contributed by atoms with E-state index in [1.54, 1.807) is 12.1 Å². The average Bonchev–Trinajstić information content (AvgIpc) is 2.85. The zero-order chi connectivity index (χ0) is 13.4. The topological polar surface area (TPSA) is 32.5 Å². The van der Waals surface area contributed by atoms with E-state index >= 15 is 0 Å². The lowest BCUT2D eigenvalue weighted by Crippen LogP contribution is -2.50. The molecule has 2 aliphatic rings. The van der Waals surface area contributed by atoms with Gasteiger partial charge in [-0.05, 0) is 37.6 Å². The fourth-order valence-corrected chi connectivity index (χ4v) is 3.25. The van der Waals surface area contributed by atoms with Crippen LogP contribution in [0.2, 0.25) is 0 Å². The summed E-state index contributed by atoms with van der Waals surface area (Å²) in [5.41, 5.74) is 6.73. The summed E-state index contributed by atoms with van der Waals surface area (Å²) in [5.74, 6) is 0. The first-order chi connectivity index (χ1) is 9.15. The van der Waals surface area contributed by atoms with Crippen molar-refractivity contribution in [3.8, 4) is 0 Å². The van der Waals surface area contributed by atoms with Gasteiger partial charge in [-0.3, -0.25) is 4.90 Å². The summed E-state index contributed by atoms with van der Waals surface area (Å²) in [6, 6.07) is 5.38. The molecule has 104 valence electrons. The second-order valence-electron chi connectivity index (χ2n) is 5.40. The molecule has 0 bridgehead atoms. The van der Waals surface area contributed by atoms with E-state index in [0.29, 0.717) is 17.4 Å². The molecule has 0 spiro atoms. The van der Waals surface area contributed by atoms with Gasteiger partial charge in [-0.25, -0.2) is 8.78 Å². The highest BCUT2D eigenvalue weighted by Gasteiger charge is 2.31. The molecule has 3 nitrogen and oxygen atoms in total. The van der Waals surface area contributed by atoms with Gasteiger partial charge in [0, 0.05) is 42.6 Å². The Morgan fingerprint density at radius 3 is 2.84 bits per heavy atom. The van der Waals surface area contributed by atoms with Gasteiger partial charge in [0.05, 0.1) is 0 Å². The van der Waals surface area contributed by atoms with Crippen molar-refractivity contribution in [3.63, 3.8) is 0 Å². The minimum Gasteiger partial charge on any atom is -0.399 e. The second-order valence-corrected chi connectivity index (χ2v) is 5.40. The van der Waals surface area contributed by atoms with Gasteiger partial charge in [-0.2, -0.15) is 0 Å². The number of rotatable bonds is 2. The Kier molecular flexibility index (Phi) is 3.31. The molecule has 2 fully saturated rings. The fourth-order valence-electron chi connectivity index (χ4n) is 3.25. The highest BCUT2D eigenvalue weighted by atomic mass is 19.3. The van der Waals surface area contributed by atoms with Crippen LogP contribution in [0, 0.1) is 0 Å². The number of anilines is 2. The van der Waals surface area contributed by atoms with Gasteiger partial charge in [-0.15, -0.1) is 0 Å². The molecule has 1 aromatic rings. The predicted molar refractivity (Wildman–Crippen MR) is 72.6 cm³/mol. The van der Waals surface area contributed by atoms with Crippen LogP contribution in [0.4, 0.5) is 20.2 Å². The van der Waals surface area contributed by atoms with Crippen LogP contribution in [0.15, 0.2) is 18.2 Å². The lowest BCUT2D eigenvalue weighted by atomic mass is 10.1. The maximum atomic E-state index is 13.1. The molecule has 0 aliphatic carbocycles. The first-order valence-corrected chi connectivity index (χ1v) is 6.82. The van der Waals surface area contributed by atoms with Crippen molar-refractivity contribution in [2.24, 2.45) is 0 Å². The number of halogens is 2. The van der Waals surface area contributed by atoms with E-state index in [1.165, 1.54) is 18.9 Å². The SMILES string of the molecule is Nc1ccc(N2CCN3CCCC3C2)c(C(F)F)c1. The highest BCUT2D eigenvalue weighted by Crippen LogP contribution is 2.34. The monoisotopic (exact) mass is 267 g/mol. The molecule has 2 aliphatic heterocycles. The van der Waals surface area contributed by atoms with E-state index < -0.39 is 6.43 Å². The van der Waals surface area contributed by atoms with E-state index in [9.17, 15) is 8.78 Å². The van der Waals surface area contributed by atoms with E-state index in [1.807, 2.05) is 0 Å². The van der Waals surface area contributed by atoms with E-state index in [2.05, 4.69) is 9.80 Å². The van der Waals surface area contributed by atoms with Crippen molar-refractivity contribution in [1.29, 1.82) is 0 Å². The molecule has 1 atom stereocenters. The molecule has 2 heterocycles. The van der Waals surface area contributed by atoms with Crippen LogP contribution >= 0.6 is 0 Å². The van der Waals surface area contributed by atoms with E-state index in [4.69, 9.17) is 5.73 Å². The fraction of sp³-hybridized carbons (Fsp3) is 0.571. The van der Waals surface area contributed by atoms with Crippen molar-refractivity contribution < 1.29 is 8.78 Å². The minimum absolute atomic E-state index is 0.0615. The Bertz CT molecular complexity index is 464. The zero-order valence-electron chi connectivity index (χ0n) is 10.9. The van der Waals surface area contributed by atoms with Gasteiger partial charge in [0.1, 0.15) is 0 Å². The van der Waals surface area contributed by atoms with Gasteiger partial charge in [0.2, 0.25) is 0 Å². The van der Waals surface area contributed by atoms with Crippen molar-refractivity contribution in [2.75, 3.05) is 36.8 Å². The standard InChI is InChI=1S/C14H19F2N3/c15-14(16)12-8-10(17)3-4-13(12)19-7-6-18-5-1-2-11(18)9-19/h3-4,8,11,14H,1-2,5-7,9,17H2. The molecule has 0 saturated carbocycles. The number of nitrogens with two attached hydrogens (primary N) is 1. The molecule has 0 aromatic heterocycles. The van der Waals surface area contributed by atoms with Gasteiger partial charge >= 0.3 is 0 Å². The summed E-state index contributed by atoms with van der Waals surface area (Å²) in [5, 5.41) is 0. The highest BCUT2D eigenvalue weighted by molar-refractivity contribution is 5.60. The van der Waals surface area contributed by atoms with Crippen molar-refractivity contribution in [1.82, 2.24) is 4.90 Å². The Morgan fingerprint density at radius 2 is 2.05 bits per heavy atom. The first kappa shape index (κ1) is 12.7. The van der Waals surface area contributed by atoms with E-state index in [0.717, 1.165) is 26.2 Å². The molecule has 0 radical (unpaired) electrons. The van der Waals surface area contributed by atoms with Crippen LogP contribution in [0.1, 0.15) is 24.8 Å². The summed E-state index contributed by atoms with van der Waals surface area (Å²) in [7, 11) is 0. The number of fused-ring (bicyclic) bond motifs is 1. The minimum atomic E-state index is -2.47. The molecule has 0 amide bonds. The average molecular weight is 267 g/mol. The number of nitrogen functional groups attached to an aromatic ring is 1. The quantitative estimate of drug-likeness (QED) is 0.836. The summed E-state index contributed by atoms with van der Waals surface area (Å²) in [4.78, 5) is 4.56. The first-order valence-electron chi connectivity index (χ1n) is 6.82. The number of benzene rings is 1. The molecule has 2 saturated heterocycles. The van der Waals surface area contributed by atoms with Crippen molar-refractivity contribution in [3.05, 3.63) is 23.8 Å². The smallest absolute Gasteiger partial charge is 0.265 e. The number of hydrogen-bond donors (Lipinski definition) is 1. The molecular formula is C14H19F2N3. The maximum absolute atomic E-state index is 13.1. The Morgan fingerprint density at radius 1 is 1.21 bits per heavy atom. The van der Waals surface area contributed by atoms with Gasteiger partial charge in [0.15, 0.2) is 0 Å². The summed E-state index contributed by atoms with van der Waals surface area (Å²) in [6.07, 6.45) is -0.0719. The lowest BCUT2D eigenvalue weighted by Gasteiger charge is -2.39. The summed E-state index contributed by atoms with van der Waals surface area (Å²) >= 11 is 0. The summed E-state index contributed by atoms with van der Waals surface area (Å²) in [6.45, 7) is 3.80. The third kappa shape index (κ3) is 2.39. The molecule has 19 heavy (non-hydrogen) atoms. The van der Waals surface area contributed by atoms with Crippen LogP contribution in [0.3, 0.4) is 0 Å². The third-order valence-corrected chi connectivity index (χ3v) is 4.21. The normalized spacial score (nSPS) is 23.9. The Balaban J connectivity index is 1.85. The molecule has 2 N–H and O–H groups in total. The number of hydrogen-bond acceptors (Lipinski definition) is 3. The van der Waals surface area contributed by atoms with Crippen LogP contribution in [0.25, 0.3) is 0 Å². The molecule has 1 aromatic carbocycles. The largest absolute Gasteiger partial charge is 0.399 e. The van der Waals surface area contributed by atoms with E-state index in [-0.39, 0.29) is 5.56 Å². The molecule has 5 heteroatoms. The maximum Gasteiger partial charge on any atom is 0.265 e. The van der Waals surface area contributed by atoms with Crippen LogP contribution in [-0.4, -0.2) is 37.1 Å². The van der Waals surface area contributed by atoms with Gasteiger partial charge in [-0.1, -0.05) is 0 Å². The van der Waals surface area contributed by atoms with Crippen molar-refractivity contribution in [2.45, 2.75) is 25.3 Å². The molecular weight excluding hydrogens is 248 g/mol. The zero-order valence-corrected chi connectivity index (χ0v) is 10.9. The Hall–Kier alpha value is -1.36. The van der Waals surface area contributed by atoms with Gasteiger partial charge in [0.25, 0.3) is 6.43 Å². The summed E-state index contributed by atoms with van der Waals surface area (Å²) < 4.78 is 26.3. The third-order valence-electron chi connectivity index (χ3n) is 4.21. The number of nitrogens with zero attached hydrogens (tertiary/aromatic N) is 2. The Labute approximate surface area is 112 Å². The lowest BCUT2D eigenvalue weighted by molar-refractivity contribution is 0.151. The number of piperazine rings is 1. The van der Waals surface area contributed by atoms with Crippen LogP contribution < -0.4 is 10.6 Å². The van der Waals surface area contributed by atoms with Crippen molar-refractivity contribution >= 4 is 11.4 Å². The van der Waals surface area contributed by atoms with Crippen LogP contribution in [0.5, 0.6) is 0 Å². The molecule has 1 unspecified atom stereocenters. The van der Waals surface area contributed by atoms with Gasteiger partial charge < -0.3 is 10.6 Å². The predicted octanol–water partition coefficient (Wildman–Crippen LogP) is 2.49. The van der Waals surface area contributed by atoms with Crippen LogP contribution in [-0.2, 0) is 0 Å².